The molecule has 0 radical (unpaired) electrons. The van der Waals surface area contributed by atoms with Crippen LogP contribution in [0, 0.1) is 0 Å². The number of hydrogen-bond acceptors (Lipinski definition) is 10. The third-order valence-electron chi connectivity index (χ3n) is 6.77. The van der Waals surface area contributed by atoms with E-state index < -0.39 is 24.3 Å². The molecule has 1 aromatic heterocycles. The summed E-state index contributed by atoms with van der Waals surface area (Å²) < 4.78 is 16.1. The Hall–Kier alpha value is -5.07. The maximum atomic E-state index is 13.0. The van der Waals surface area contributed by atoms with Crippen LogP contribution in [-0.2, 0) is 25.6 Å². The molecule has 13 heteroatoms. The van der Waals surface area contributed by atoms with Crippen molar-refractivity contribution >= 4 is 29.3 Å². The van der Waals surface area contributed by atoms with Crippen molar-refractivity contribution in [3.8, 4) is 22.9 Å². The Bertz CT molecular complexity index is 1500. The van der Waals surface area contributed by atoms with Crippen LogP contribution in [0.2, 0.25) is 0 Å². The summed E-state index contributed by atoms with van der Waals surface area (Å²) in [4.78, 5) is 57.6. The highest BCUT2D eigenvalue weighted by Crippen LogP contribution is 2.35. The number of benzene rings is 2. The number of carbonyl (C=O) groups is 4. The average Bonchev–Trinajstić information content (AvgIpc) is 3.64. The van der Waals surface area contributed by atoms with Crippen LogP contribution in [0.15, 0.2) is 58.2 Å². The van der Waals surface area contributed by atoms with Gasteiger partial charge in [0.15, 0.2) is 11.5 Å². The maximum absolute atomic E-state index is 13.0. The normalized spacial score (nSPS) is 16.9. The van der Waals surface area contributed by atoms with Gasteiger partial charge in [0.2, 0.25) is 36.2 Å². The van der Waals surface area contributed by atoms with E-state index in [-0.39, 0.29) is 51.1 Å². The molecule has 1 fully saturated rings. The molecule has 0 unspecified atom stereocenters. The first-order chi connectivity index (χ1) is 19.4. The van der Waals surface area contributed by atoms with Gasteiger partial charge in [-0.3, -0.25) is 24.1 Å². The predicted molar refractivity (Wildman–Crippen MR) is 137 cm³/mol. The van der Waals surface area contributed by atoms with Crippen LogP contribution in [0.1, 0.15) is 24.3 Å². The summed E-state index contributed by atoms with van der Waals surface area (Å²) in [6.45, 7) is -0.542. The Morgan fingerprint density at radius 1 is 0.900 bits per heavy atom. The van der Waals surface area contributed by atoms with Crippen molar-refractivity contribution in [3.63, 3.8) is 0 Å². The molecular weight excluding hydrogens is 520 g/mol. The quantitative estimate of drug-likeness (QED) is 0.401. The van der Waals surface area contributed by atoms with Crippen molar-refractivity contribution in [2.75, 3.05) is 33.0 Å². The zero-order valence-electron chi connectivity index (χ0n) is 21.3. The first-order valence-electron chi connectivity index (χ1n) is 12.7. The number of hydrazone groups is 1. The lowest BCUT2D eigenvalue weighted by Gasteiger charge is -2.33. The van der Waals surface area contributed by atoms with E-state index in [0.717, 1.165) is 15.5 Å². The number of piperazine rings is 1. The van der Waals surface area contributed by atoms with Crippen molar-refractivity contribution in [1.29, 1.82) is 0 Å². The average molecular weight is 545 g/mol. The molecule has 0 bridgehead atoms. The van der Waals surface area contributed by atoms with Gasteiger partial charge in [-0.15, -0.1) is 0 Å². The minimum Gasteiger partial charge on any atom is -0.454 e. The van der Waals surface area contributed by atoms with Gasteiger partial charge in [0, 0.05) is 24.9 Å². The third-order valence-corrected chi connectivity index (χ3v) is 6.77. The fraction of sp³-hybridized carbons (Fsp3) is 0.296. The molecule has 0 aliphatic carbocycles. The van der Waals surface area contributed by atoms with Crippen LogP contribution in [0.4, 0.5) is 0 Å². The van der Waals surface area contributed by atoms with Gasteiger partial charge in [-0.2, -0.15) is 10.1 Å². The predicted octanol–water partition coefficient (Wildman–Crippen LogP) is 1.23. The van der Waals surface area contributed by atoms with Crippen molar-refractivity contribution in [2.45, 2.75) is 19.3 Å². The van der Waals surface area contributed by atoms with E-state index in [0.29, 0.717) is 35.0 Å². The second-order valence-electron chi connectivity index (χ2n) is 9.41. The molecule has 3 aliphatic heterocycles. The second kappa shape index (κ2) is 10.6. The van der Waals surface area contributed by atoms with E-state index in [1.807, 2.05) is 30.3 Å². The molecule has 204 valence electrons. The van der Waals surface area contributed by atoms with Gasteiger partial charge in [-0.05, 0) is 30.2 Å². The van der Waals surface area contributed by atoms with Gasteiger partial charge in [0.05, 0.1) is 0 Å². The summed E-state index contributed by atoms with van der Waals surface area (Å²) in [5.41, 5.74) is 2.00. The highest BCUT2D eigenvalue weighted by Gasteiger charge is 2.35. The van der Waals surface area contributed by atoms with Crippen molar-refractivity contribution in [2.24, 2.45) is 5.10 Å². The molecule has 0 saturated carbocycles. The number of amides is 4. The molecule has 13 nitrogen and oxygen atoms in total. The summed E-state index contributed by atoms with van der Waals surface area (Å²) in [6, 6.07) is 14.8. The zero-order chi connectivity index (χ0) is 27.6. The SMILES string of the molecule is O=C(CN1N=C(c2nc(-c3ccc4c(c3)OCO4)no2)CCC1=O)N1CC(=O)N(CCc2ccccc2)C(=O)C1. The van der Waals surface area contributed by atoms with E-state index in [9.17, 15) is 19.2 Å². The zero-order valence-corrected chi connectivity index (χ0v) is 21.3. The standard InChI is InChI=1S/C27H24N6O7/c34-22-9-7-19(27-28-26(30-40-27)18-6-8-20-21(12-18)39-16-38-20)29-33(22)15-23(35)31-13-24(36)32(25(37)14-31)11-10-17-4-2-1-3-5-17/h1-6,8,12H,7,9-11,13-16H2. The number of fused-ring (bicyclic) bond motifs is 1. The summed E-state index contributed by atoms with van der Waals surface area (Å²) in [6.07, 6.45) is 0.862. The summed E-state index contributed by atoms with van der Waals surface area (Å²) >= 11 is 0. The number of nitrogens with zero attached hydrogens (tertiary/aromatic N) is 6. The fourth-order valence-electron chi connectivity index (χ4n) is 4.60. The van der Waals surface area contributed by atoms with Crippen LogP contribution in [0.5, 0.6) is 11.5 Å². The number of carbonyl (C=O) groups excluding carboxylic acids is 4. The molecule has 0 spiro atoms. The summed E-state index contributed by atoms with van der Waals surface area (Å²) in [5.74, 6) is -0.231. The molecular formula is C27H24N6O7. The third kappa shape index (κ3) is 5.13. The number of rotatable bonds is 7. The minimum atomic E-state index is -0.561. The highest BCUT2D eigenvalue weighted by atomic mass is 16.7. The molecule has 40 heavy (non-hydrogen) atoms. The first-order valence-corrected chi connectivity index (χ1v) is 12.7. The molecule has 3 aliphatic rings. The Morgan fingerprint density at radius 2 is 1.68 bits per heavy atom. The molecule has 0 N–H and O–H groups in total. The van der Waals surface area contributed by atoms with Gasteiger partial charge < -0.3 is 18.9 Å². The topological polar surface area (TPSA) is 148 Å². The highest BCUT2D eigenvalue weighted by molar-refractivity contribution is 6.04. The molecule has 0 atom stereocenters. The van der Waals surface area contributed by atoms with E-state index in [1.54, 1.807) is 18.2 Å². The molecule has 4 amide bonds. The molecule has 3 aromatic rings. The lowest BCUT2D eigenvalue weighted by atomic mass is 10.1. The van der Waals surface area contributed by atoms with Gasteiger partial charge in [0.1, 0.15) is 25.3 Å². The smallest absolute Gasteiger partial charge is 0.274 e. The summed E-state index contributed by atoms with van der Waals surface area (Å²) in [5, 5.41) is 9.30. The van der Waals surface area contributed by atoms with E-state index >= 15 is 0 Å². The molecule has 6 rings (SSSR count). The van der Waals surface area contributed by atoms with Crippen LogP contribution < -0.4 is 9.47 Å². The number of imide groups is 1. The fourth-order valence-corrected chi connectivity index (χ4v) is 4.60. The van der Waals surface area contributed by atoms with Crippen LogP contribution in [0.25, 0.3) is 11.4 Å². The summed E-state index contributed by atoms with van der Waals surface area (Å²) in [7, 11) is 0. The number of ether oxygens (including phenoxy) is 2. The Balaban J connectivity index is 1.09. The Labute approximate surface area is 227 Å². The second-order valence-corrected chi connectivity index (χ2v) is 9.41. The van der Waals surface area contributed by atoms with E-state index in [4.69, 9.17) is 14.0 Å². The van der Waals surface area contributed by atoms with Crippen LogP contribution in [-0.4, -0.2) is 87.3 Å². The molecule has 1 saturated heterocycles. The number of hydrogen-bond donors (Lipinski definition) is 0. The monoisotopic (exact) mass is 544 g/mol. The van der Waals surface area contributed by atoms with Gasteiger partial charge >= 0.3 is 0 Å². The number of aromatic nitrogens is 2. The van der Waals surface area contributed by atoms with Crippen molar-refractivity contribution < 1.29 is 33.2 Å². The molecule has 2 aromatic carbocycles. The maximum Gasteiger partial charge on any atom is 0.274 e. The van der Waals surface area contributed by atoms with Gasteiger partial charge in [-0.1, -0.05) is 35.5 Å². The van der Waals surface area contributed by atoms with Crippen LogP contribution >= 0.6 is 0 Å². The Kier molecular flexibility index (Phi) is 6.68. The van der Waals surface area contributed by atoms with Gasteiger partial charge in [0.25, 0.3) is 5.89 Å². The van der Waals surface area contributed by atoms with Crippen molar-refractivity contribution in [3.05, 3.63) is 60.0 Å². The van der Waals surface area contributed by atoms with E-state index in [2.05, 4.69) is 15.2 Å². The minimum absolute atomic E-state index is 0.0823. The Morgan fingerprint density at radius 3 is 2.48 bits per heavy atom. The largest absolute Gasteiger partial charge is 0.454 e. The molecule has 4 heterocycles. The van der Waals surface area contributed by atoms with E-state index in [1.165, 1.54) is 4.90 Å². The first kappa shape index (κ1) is 25.2. The van der Waals surface area contributed by atoms with Crippen molar-refractivity contribution in [1.82, 2.24) is 24.9 Å². The lowest BCUT2D eigenvalue weighted by molar-refractivity contribution is -0.157. The van der Waals surface area contributed by atoms with Crippen LogP contribution in [0.3, 0.4) is 0 Å². The van der Waals surface area contributed by atoms with Gasteiger partial charge in [-0.25, -0.2) is 5.01 Å². The lowest BCUT2D eigenvalue weighted by Crippen LogP contribution is -2.57.